The van der Waals surface area contributed by atoms with Crippen molar-refractivity contribution >= 4 is 11.7 Å². The molecule has 3 heteroatoms. The van der Waals surface area contributed by atoms with Crippen LogP contribution >= 0.6 is 0 Å². The van der Waals surface area contributed by atoms with Crippen LogP contribution in [-0.4, -0.2) is 23.7 Å². The molecule has 0 amide bonds. The van der Waals surface area contributed by atoms with Crippen LogP contribution in [0.15, 0.2) is 18.2 Å². The van der Waals surface area contributed by atoms with Crippen molar-refractivity contribution in [3.05, 3.63) is 29.3 Å². The van der Waals surface area contributed by atoms with Crippen LogP contribution in [0.5, 0.6) is 0 Å². The number of aliphatic carboxylic acids is 1. The molecular formula is C15H23NO2. The molecule has 0 saturated carbocycles. The van der Waals surface area contributed by atoms with Gasteiger partial charge in [0.05, 0.1) is 0 Å². The van der Waals surface area contributed by atoms with Crippen molar-refractivity contribution in [3.63, 3.8) is 0 Å². The molecule has 0 aromatic heterocycles. The minimum Gasteiger partial charge on any atom is -0.480 e. The van der Waals surface area contributed by atoms with Gasteiger partial charge in [-0.2, -0.15) is 0 Å². The van der Waals surface area contributed by atoms with E-state index in [0.717, 1.165) is 29.8 Å². The Kier molecular flexibility index (Phi) is 5.20. The molecule has 0 aliphatic heterocycles. The van der Waals surface area contributed by atoms with Crippen LogP contribution < -0.4 is 4.90 Å². The lowest BCUT2D eigenvalue weighted by Crippen LogP contribution is -2.41. The third kappa shape index (κ3) is 3.25. The lowest BCUT2D eigenvalue weighted by Gasteiger charge is -2.31. The summed E-state index contributed by atoms with van der Waals surface area (Å²) < 4.78 is 0. The fourth-order valence-electron chi connectivity index (χ4n) is 2.24. The summed E-state index contributed by atoms with van der Waals surface area (Å²) in [7, 11) is 0. The standard InChI is InChI=1S/C15H23NO2/c1-5-9-16(13(6-2)15(17)18)14-10-11(3)7-8-12(14)4/h7-8,10,13H,5-6,9H2,1-4H3,(H,17,18)/t13-/m0/s1. The Labute approximate surface area is 109 Å². The lowest BCUT2D eigenvalue weighted by atomic mass is 10.1. The quantitative estimate of drug-likeness (QED) is 0.840. The molecule has 1 atom stereocenters. The Hall–Kier alpha value is -1.51. The summed E-state index contributed by atoms with van der Waals surface area (Å²) >= 11 is 0. The molecule has 1 aromatic carbocycles. The van der Waals surface area contributed by atoms with Crippen LogP contribution in [0.2, 0.25) is 0 Å². The average Bonchev–Trinajstić information content (AvgIpc) is 2.32. The molecule has 0 aliphatic rings. The van der Waals surface area contributed by atoms with Crippen molar-refractivity contribution in [2.75, 3.05) is 11.4 Å². The van der Waals surface area contributed by atoms with E-state index in [4.69, 9.17) is 0 Å². The summed E-state index contributed by atoms with van der Waals surface area (Å²) in [6.45, 7) is 8.84. The fourth-order valence-corrected chi connectivity index (χ4v) is 2.24. The number of hydrogen-bond donors (Lipinski definition) is 1. The Balaban J connectivity index is 3.17. The Bertz CT molecular complexity index is 415. The van der Waals surface area contributed by atoms with Gasteiger partial charge in [-0.05, 0) is 43.9 Å². The first-order valence-corrected chi connectivity index (χ1v) is 6.57. The van der Waals surface area contributed by atoms with Crippen LogP contribution in [0.4, 0.5) is 5.69 Å². The molecule has 0 heterocycles. The lowest BCUT2D eigenvalue weighted by molar-refractivity contribution is -0.138. The molecular weight excluding hydrogens is 226 g/mol. The Morgan fingerprint density at radius 3 is 2.50 bits per heavy atom. The van der Waals surface area contributed by atoms with Gasteiger partial charge in [-0.3, -0.25) is 0 Å². The fraction of sp³-hybridized carbons (Fsp3) is 0.533. The maximum Gasteiger partial charge on any atom is 0.326 e. The second kappa shape index (κ2) is 6.43. The van der Waals surface area contributed by atoms with Crippen LogP contribution in [0.3, 0.4) is 0 Å². The second-order valence-electron chi connectivity index (χ2n) is 4.75. The predicted octanol–water partition coefficient (Wildman–Crippen LogP) is 3.38. The predicted molar refractivity (Wildman–Crippen MR) is 75.3 cm³/mol. The molecule has 100 valence electrons. The van der Waals surface area contributed by atoms with Crippen molar-refractivity contribution in [1.29, 1.82) is 0 Å². The first-order chi connectivity index (χ1) is 8.51. The molecule has 0 spiro atoms. The van der Waals surface area contributed by atoms with Gasteiger partial charge in [0, 0.05) is 12.2 Å². The van der Waals surface area contributed by atoms with E-state index in [1.807, 2.05) is 25.7 Å². The number of aryl methyl sites for hydroxylation is 2. The highest BCUT2D eigenvalue weighted by molar-refractivity contribution is 5.78. The molecule has 1 N–H and O–H groups in total. The van der Waals surface area contributed by atoms with Gasteiger partial charge in [0.1, 0.15) is 6.04 Å². The molecule has 18 heavy (non-hydrogen) atoms. The maximum absolute atomic E-state index is 11.4. The zero-order valence-corrected chi connectivity index (χ0v) is 11.7. The Morgan fingerprint density at radius 1 is 1.33 bits per heavy atom. The minimum atomic E-state index is -0.744. The molecule has 0 saturated heterocycles. The van der Waals surface area contributed by atoms with Crippen LogP contribution in [0.25, 0.3) is 0 Å². The van der Waals surface area contributed by atoms with Gasteiger partial charge in [-0.1, -0.05) is 26.0 Å². The zero-order chi connectivity index (χ0) is 13.7. The van der Waals surface area contributed by atoms with E-state index in [-0.39, 0.29) is 0 Å². The van der Waals surface area contributed by atoms with E-state index < -0.39 is 12.0 Å². The molecule has 0 unspecified atom stereocenters. The van der Waals surface area contributed by atoms with Crippen molar-refractivity contribution in [2.24, 2.45) is 0 Å². The van der Waals surface area contributed by atoms with Crippen LogP contribution in [-0.2, 0) is 4.79 Å². The molecule has 0 fully saturated rings. The first kappa shape index (κ1) is 14.6. The highest BCUT2D eigenvalue weighted by Gasteiger charge is 2.24. The van der Waals surface area contributed by atoms with E-state index >= 15 is 0 Å². The van der Waals surface area contributed by atoms with E-state index in [1.165, 1.54) is 0 Å². The van der Waals surface area contributed by atoms with Crippen molar-refractivity contribution in [3.8, 4) is 0 Å². The number of carboxylic acids is 1. The summed E-state index contributed by atoms with van der Waals surface area (Å²) in [5, 5.41) is 9.35. The molecule has 0 radical (unpaired) electrons. The molecule has 3 nitrogen and oxygen atoms in total. The second-order valence-corrected chi connectivity index (χ2v) is 4.75. The average molecular weight is 249 g/mol. The smallest absolute Gasteiger partial charge is 0.326 e. The van der Waals surface area contributed by atoms with Crippen molar-refractivity contribution < 1.29 is 9.90 Å². The number of benzene rings is 1. The van der Waals surface area contributed by atoms with Gasteiger partial charge >= 0.3 is 5.97 Å². The summed E-state index contributed by atoms with van der Waals surface area (Å²) in [4.78, 5) is 13.4. The van der Waals surface area contributed by atoms with E-state index in [9.17, 15) is 9.90 Å². The Morgan fingerprint density at radius 2 is 2.00 bits per heavy atom. The molecule has 1 rings (SSSR count). The first-order valence-electron chi connectivity index (χ1n) is 6.57. The molecule has 0 bridgehead atoms. The number of nitrogens with zero attached hydrogens (tertiary/aromatic N) is 1. The van der Waals surface area contributed by atoms with Crippen LogP contribution in [0, 0.1) is 13.8 Å². The monoisotopic (exact) mass is 249 g/mol. The van der Waals surface area contributed by atoms with Gasteiger partial charge in [-0.25, -0.2) is 4.79 Å². The van der Waals surface area contributed by atoms with Gasteiger partial charge in [0.2, 0.25) is 0 Å². The normalized spacial score (nSPS) is 12.2. The van der Waals surface area contributed by atoms with E-state index in [1.54, 1.807) is 0 Å². The summed E-state index contributed by atoms with van der Waals surface area (Å²) in [5.41, 5.74) is 3.34. The number of carbonyl (C=O) groups is 1. The summed E-state index contributed by atoms with van der Waals surface area (Å²) in [6, 6.07) is 5.76. The largest absolute Gasteiger partial charge is 0.480 e. The summed E-state index contributed by atoms with van der Waals surface area (Å²) in [5.74, 6) is -0.744. The third-order valence-electron chi connectivity index (χ3n) is 3.19. The maximum atomic E-state index is 11.4. The van der Waals surface area contributed by atoms with Crippen molar-refractivity contribution in [2.45, 2.75) is 46.6 Å². The zero-order valence-electron chi connectivity index (χ0n) is 11.7. The third-order valence-corrected chi connectivity index (χ3v) is 3.19. The highest BCUT2D eigenvalue weighted by atomic mass is 16.4. The molecule has 1 aromatic rings. The highest BCUT2D eigenvalue weighted by Crippen LogP contribution is 2.25. The number of carboxylic acid groups (broad SMARTS) is 1. The summed E-state index contributed by atoms with van der Waals surface area (Å²) in [6.07, 6.45) is 1.56. The van der Waals surface area contributed by atoms with Crippen molar-refractivity contribution in [1.82, 2.24) is 0 Å². The SMILES string of the molecule is CCCN(c1cc(C)ccc1C)[C@@H](CC)C(=O)O. The number of hydrogen-bond acceptors (Lipinski definition) is 2. The van der Waals surface area contributed by atoms with E-state index in [2.05, 4.69) is 25.1 Å². The van der Waals surface area contributed by atoms with E-state index in [0.29, 0.717) is 6.42 Å². The minimum absolute atomic E-state index is 0.439. The van der Waals surface area contributed by atoms with Crippen LogP contribution in [0.1, 0.15) is 37.8 Å². The molecule has 0 aliphatic carbocycles. The van der Waals surface area contributed by atoms with Gasteiger partial charge in [0.15, 0.2) is 0 Å². The topological polar surface area (TPSA) is 40.5 Å². The number of rotatable bonds is 6. The van der Waals surface area contributed by atoms with Gasteiger partial charge < -0.3 is 10.0 Å². The number of anilines is 1. The van der Waals surface area contributed by atoms with Gasteiger partial charge in [0.25, 0.3) is 0 Å². The van der Waals surface area contributed by atoms with Gasteiger partial charge in [-0.15, -0.1) is 0 Å².